The van der Waals surface area contributed by atoms with E-state index in [1.807, 2.05) is 36.4 Å². The first-order valence-electron chi connectivity index (χ1n) is 14.8. The van der Waals surface area contributed by atoms with Crippen LogP contribution in [0.15, 0.2) is 60.7 Å². The Balaban J connectivity index is 1.37. The third kappa shape index (κ3) is 9.69. The number of nitrogens with zero attached hydrogens (tertiary/aromatic N) is 1. The van der Waals surface area contributed by atoms with Gasteiger partial charge < -0.3 is 29.6 Å². The van der Waals surface area contributed by atoms with E-state index in [0.29, 0.717) is 44.0 Å². The van der Waals surface area contributed by atoms with E-state index >= 15 is 8.78 Å². The fourth-order valence-corrected chi connectivity index (χ4v) is 5.42. The molecule has 1 fully saturated rings. The molecule has 43 heavy (non-hydrogen) atoms. The number of nitrogens with one attached hydrogen (secondary N) is 1. The monoisotopic (exact) mass is 616 g/mol. The van der Waals surface area contributed by atoms with Crippen LogP contribution in [0.25, 0.3) is 10.8 Å². The van der Waals surface area contributed by atoms with Gasteiger partial charge in [0.2, 0.25) is 0 Å². The van der Waals surface area contributed by atoms with Crippen LogP contribution in [0.2, 0.25) is 5.02 Å². The number of amides is 1. The Bertz CT molecular complexity index is 1350. The van der Waals surface area contributed by atoms with Crippen molar-refractivity contribution >= 4 is 34.6 Å². The number of rotatable bonds is 17. The zero-order valence-electron chi connectivity index (χ0n) is 24.2. The second-order valence-electron chi connectivity index (χ2n) is 10.9. The highest BCUT2D eigenvalue weighted by molar-refractivity contribution is 6.32. The summed E-state index contributed by atoms with van der Waals surface area (Å²) in [7, 11) is 0. The van der Waals surface area contributed by atoms with Gasteiger partial charge in [0, 0.05) is 32.4 Å². The van der Waals surface area contributed by atoms with E-state index in [2.05, 4.69) is 10.2 Å². The molecule has 3 aromatic carbocycles. The number of aryl methyl sites for hydroxylation is 1. The zero-order chi connectivity index (χ0) is 30.7. The molecule has 232 valence electrons. The number of aliphatic hydroxyl groups is 1. The summed E-state index contributed by atoms with van der Waals surface area (Å²) in [5.41, 5.74) is 1.11. The summed E-state index contributed by atoms with van der Waals surface area (Å²) < 4.78 is 41.3. The van der Waals surface area contributed by atoms with Gasteiger partial charge in [0.15, 0.2) is 0 Å². The number of alkyl halides is 2. The number of hydrogen-bond acceptors (Lipinski definition) is 6. The standard InChI is InChI=1S/C33H39ClF2N2O5/c34-28-22-27(11-12-30(28)43-20-6-19-42-18-5-17-39)31(40)29(23-38-15-3-4-16-38)37-32(41)33(35,36)14-13-24-9-10-25-7-1-2-8-26(25)21-24/h1-2,7-12,17,21-22,29,31,40H,3-6,13-16,18-20,23H2,(H,37,41)/t29-,31-/m1/s1. The predicted octanol–water partition coefficient (Wildman–Crippen LogP) is 5.75. The van der Waals surface area contributed by atoms with Gasteiger partial charge in [-0.25, -0.2) is 0 Å². The summed E-state index contributed by atoms with van der Waals surface area (Å²) in [6, 6.07) is 17.0. The molecule has 0 unspecified atom stereocenters. The van der Waals surface area contributed by atoms with Crippen molar-refractivity contribution in [1.82, 2.24) is 10.2 Å². The fourth-order valence-electron chi connectivity index (χ4n) is 5.18. The van der Waals surface area contributed by atoms with Gasteiger partial charge in [-0.2, -0.15) is 8.78 Å². The van der Waals surface area contributed by atoms with Gasteiger partial charge in [-0.05, 0) is 66.4 Å². The first kappa shape index (κ1) is 32.8. The van der Waals surface area contributed by atoms with Gasteiger partial charge in [0.05, 0.1) is 24.3 Å². The summed E-state index contributed by atoms with van der Waals surface area (Å²) in [4.78, 5) is 25.3. The van der Waals surface area contributed by atoms with Gasteiger partial charge in [-0.3, -0.25) is 4.79 Å². The van der Waals surface area contributed by atoms with Crippen LogP contribution in [0.3, 0.4) is 0 Å². The first-order valence-corrected chi connectivity index (χ1v) is 15.1. The van der Waals surface area contributed by atoms with E-state index in [1.54, 1.807) is 18.2 Å². The van der Waals surface area contributed by atoms with E-state index in [9.17, 15) is 14.7 Å². The van der Waals surface area contributed by atoms with Gasteiger partial charge in [-0.1, -0.05) is 60.1 Å². The number of likely N-dealkylation sites (tertiary alicyclic amines) is 1. The minimum absolute atomic E-state index is 0.0343. The van der Waals surface area contributed by atoms with Crippen LogP contribution in [-0.4, -0.2) is 73.6 Å². The lowest BCUT2D eigenvalue weighted by molar-refractivity contribution is -0.148. The molecule has 4 rings (SSSR count). The first-order chi connectivity index (χ1) is 20.8. The Morgan fingerprint density at radius 2 is 1.81 bits per heavy atom. The molecule has 1 saturated heterocycles. The number of fused-ring (bicyclic) bond motifs is 1. The third-order valence-corrected chi connectivity index (χ3v) is 7.89. The normalized spacial score (nSPS) is 15.3. The van der Waals surface area contributed by atoms with Crippen LogP contribution in [0.5, 0.6) is 5.75 Å². The molecule has 2 N–H and O–H groups in total. The quantitative estimate of drug-likeness (QED) is 0.148. The maximum Gasteiger partial charge on any atom is 0.324 e. The van der Waals surface area contributed by atoms with E-state index in [1.165, 1.54) is 6.07 Å². The van der Waals surface area contributed by atoms with Crippen molar-refractivity contribution in [3.63, 3.8) is 0 Å². The topological polar surface area (TPSA) is 88.1 Å². The largest absolute Gasteiger partial charge is 0.492 e. The van der Waals surface area contributed by atoms with Crippen molar-refractivity contribution in [2.45, 2.75) is 56.6 Å². The van der Waals surface area contributed by atoms with Crippen molar-refractivity contribution in [1.29, 1.82) is 0 Å². The average Bonchev–Trinajstić information content (AvgIpc) is 3.52. The van der Waals surface area contributed by atoms with Gasteiger partial charge >= 0.3 is 5.92 Å². The van der Waals surface area contributed by atoms with Crippen LogP contribution < -0.4 is 10.1 Å². The predicted molar refractivity (Wildman–Crippen MR) is 163 cm³/mol. The SMILES string of the molecule is O=CCCOCCCOc1ccc([C@@H](O)[C@@H](CN2CCCC2)NC(=O)C(F)(F)CCc2ccc3ccccc3c2)cc1Cl. The van der Waals surface area contributed by atoms with Crippen molar-refractivity contribution in [2.75, 3.05) is 39.5 Å². The van der Waals surface area contributed by atoms with Crippen molar-refractivity contribution < 1.29 is 33.0 Å². The molecule has 0 saturated carbocycles. The molecule has 0 aromatic heterocycles. The maximum atomic E-state index is 15.1. The van der Waals surface area contributed by atoms with E-state index in [4.69, 9.17) is 21.1 Å². The second kappa shape index (κ2) is 16.1. The maximum absolute atomic E-state index is 15.1. The molecule has 7 nitrogen and oxygen atoms in total. The Hall–Kier alpha value is -3.11. The number of aldehydes is 1. The molecule has 10 heteroatoms. The molecule has 0 aliphatic carbocycles. The highest BCUT2D eigenvalue weighted by Crippen LogP contribution is 2.31. The molecule has 0 spiro atoms. The molecule has 0 bridgehead atoms. The van der Waals surface area contributed by atoms with Crippen molar-refractivity contribution in [2.24, 2.45) is 0 Å². The van der Waals surface area contributed by atoms with E-state index in [-0.39, 0.29) is 18.0 Å². The second-order valence-corrected chi connectivity index (χ2v) is 11.3. The van der Waals surface area contributed by atoms with Gasteiger partial charge in [-0.15, -0.1) is 0 Å². The number of ether oxygens (including phenoxy) is 2. The third-order valence-electron chi connectivity index (χ3n) is 7.59. The zero-order valence-corrected chi connectivity index (χ0v) is 24.9. The van der Waals surface area contributed by atoms with Crippen LogP contribution in [0, 0.1) is 0 Å². The Morgan fingerprint density at radius 1 is 1.05 bits per heavy atom. The number of aliphatic hydroxyl groups excluding tert-OH is 1. The summed E-state index contributed by atoms with van der Waals surface area (Å²) in [5, 5.41) is 16.0. The van der Waals surface area contributed by atoms with Gasteiger partial charge in [0.1, 0.15) is 18.1 Å². The number of benzene rings is 3. The minimum Gasteiger partial charge on any atom is -0.492 e. The number of carbonyl (C=O) groups excluding carboxylic acids is 2. The molecule has 1 heterocycles. The summed E-state index contributed by atoms with van der Waals surface area (Å²) in [6.07, 6.45) is 1.80. The summed E-state index contributed by atoms with van der Waals surface area (Å²) in [5.74, 6) is -4.62. The molecule has 1 amide bonds. The molecular formula is C33H39ClF2N2O5. The lowest BCUT2D eigenvalue weighted by atomic mass is 9.99. The fraction of sp³-hybridized carbons (Fsp3) is 0.455. The highest BCUT2D eigenvalue weighted by Gasteiger charge is 2.40. The number of hydrogen-bond donors (Lipinski definition) is 2. The van der Waals surface area contributed by atoms with Crippen LogP contribution >= 0.6 is 11.6 Å². The Kier molecular flexibility index (Phi) is 12.3. The number of halogens is 3. The Morgan fingerprint density at radius 3 is 2.56 bits per heavy atom. The summed E-state index contributed by atoms with van der Waals surface area (Å²) >= 11 is 6.42. The molecule has 0 radical (unpaired) electrons. The molecule has 2 atom stereocenters. The summed E-state index contributed by atoms with van der Waals surface area (Å²) in [6.45, 7) is 2.90. The molecule has 3 aromatic rings. The molecule has 1 aliphatic rings. The van der Waals surface area contributed by atoms with Crippen LogP contribution in [-0.2, 0) is 20.7 Å². The van der Waals surface area contributed by atoms with Crippen LogP contribution in [0.1, 0.15) is 49.3 Å². The van der Waals surface area contributed by atoms with Crippen molar-refractivity contribution in [3.05, 3.63) is 76.8 Å². The average molecular weight is 617 g/mol. The number of carbonyl (C=O) groups is 2. The van der Waals surface area contributed by atoms with Gasteiger partial charge in [0.25, 0.3) is 5.91 Å². The van der Waals surface area contributed by atoms with Crippen molar-refractivity contribution in [3.8, 4) is 5.75 Å². The minimum atomic E-state index is -3.62. The van der Waals surface area contributed by atoms with E-state index < -0.39 is 30.4 Å². The molecular weight excluding hydrogens is 578 g/mol. The smallest absolute Gasteiger partial charge is 0.324 e. The lowest BCUT2D eigenvalue weighted by Gasteiger charge is -2.30. The Labute approximate surface area is 256 Å². The van der Waals surface area contributed by atoms with Crippen LogP contribution in [0.4, 0.5) is 8.78 Å². The van der Waals surface area contributed by atoms with E-state index in [0.717, 1.165) is 48.6 Å². The molecule has 1 aliphatic heterocycles. The lowest BCUT2D eigenvalue weighted by Crippen LogP contribution is -2.51. The highest BCUT2D eigenvalue weighted by atomic mass is 35.5.